The summed E-state index contributed by atoms with van der Waals surface area (Å²) in [5.41, 5.74) is 4.40. The Morgan fingerprint density at radius 2 is 1.07 bits per heavy atom. The Morgan fingerprint density at radius 1 is 0.690 bits per heavy atom. The fourth-order valence-corrected chi connectivity index (χ4v) is 8.69. The zero-order chi connectivity index (χ0) is 20.0. The molecule has 2 atom stereocenters. The van der Waals surface area contributed by atoms with Crippen LogP contribution in [0.4, 0.5) is 0 Å². The molecule has 1 aliphatic heterocycles. The predicted octanol–water partition coefficient (Wildman–Crippen LogP) is 5.22. The summed E-state index contributed by atoms with van der Waals surface area (Å²) >= 11 is 8.12. The number of imide groups is 1. The predicted molar refractivity (Wildman–Crippen MR) is 118 cm³/mol. The molecular weight excluding hydrogens is 494 g/mol. The molecule has 1 saturated heterocycles. The zero-order valence-electron chi connectivity index (χ0n) is 15.9. The van der Waals surface area contributed by atoms with Crippen molar-refractivity contribution in [1.29, 1.82) is 0 Å². The van der Waals surface area contributed by atoms with Gasteiger partial charge in [0.05, 0.1) is 20.5 Å². The number of halogens is 2. The highest BCUT2D eigenvalue weighted by Gasteiger charge is 2.72. The molecule has 4 aliphatic carbocycles. The average molecular weight is 515 g/mol. The van der Waals surface area contributed by atoms with Crippen LogP contribution in [-0.4, -0.2) is 22.8 Å². The zero-order valence-corrected chi connectivity index (χ0v) is 19.1. The van der Waals surface area contributed by atoms with Crippen molar-refractivity contribution in [3.63, 3.8) is 0 Å². The lowest BCUT2D eigenvalue weighted by Gasteiger charge is -2.55. The number of likely N-dealkylation sites (tertiary alicyclic amines) is 1. The fraction of sp³-hybridized carbons (Fsp3) is 0.417. The van der Waals surface area contributed by atoms with Crippen molar-refractivity contribution in [2.45, 2.75) is 46.8 Å². The topological polar surface area (TPSA) is 37.4 Å². The molecule has 148 valence electrons. The van der Waals surface area contributed by atoms with Crippen molar-refractivity contribution in [2.24, 2.45) is 11.8 Å². The Kier molecular flexibility index (Phi) is 3.82. The average Bonchev–Trinajstić information content (AvgIpc) is 3.04. The Labute approximate surface area is 187 Å². The summed E-state index contributed by atoms with van der Waals surface area (Å²) in [5, 5.41) is 0. The number of hydrogen-bond donors (Lipinski definition) is 0. The van der Waals surface area contributed by atoms with Crippen molar-refractivity contribution in [2.75, 3.05) is 0 Å². The molecule has 0 spiro atoms. The second kappa shape index (κ2) is 6.04. The van der Waals surface area contributed by atoms with Gasteiger partial charge in [-0.25, -0.2) is 0 Å². The van der Waals surface area contributed by atoms with Gasteiger partial charge in [0.15, 0.2) is 0 Å². The van der Waals surface area contributed by atoms with Gasteiger partial charge >= 0.3 is 0 Å². The Balaban J connectivity index is 1.62. The highest BCUT2D eigenvalue weighted by atomic mass is 79.9. The first-order valence-electron chi connectivity index (χ1n) is 10.5. The molecule has 5 heteroatoms. The van der Waals surface area contributed by atoms with E-state index in [4.69, 9.17) is 0 Å². The van der Waals surface area contributed by atoms with E-state index < -0.39 is 20.5 Å². The number of carbonyl (C=O) groups is 2. The van der Waals surface area contributed by atoms with Gasteiger partial charge in [-0.15, -0.1) is 0 Å². The van der Waals surface area contributed by atoms with Crippen molar-refractivity contribution in [3.05, 3.63) is 70.8 Å². The van der Waals surface area contributed by atoms with Crippen LogP contribution in [0, 0.1) is 11.8 Å². The van der Waals surface area contributed by atoms with Crippen LogP contribution in [0.3, 0.4) is 0 Å². The number of rotatable bonds is 1. The van der Waals surface area contributed by atoms with Crippen LogP contribution < -0.4 is 0 Å². The lowest BCUT2D eigenvalue weighted by atomic mass is 9.54. The summed E-state index contributed by atoms with van der Waals surface area (Å²) < 4.78 is -1.34. The van der Waals surface area contributed by atoms with Gasteiger partial charge in [0.1, 0.15) is 0 Å². The lowest BCUT2D eigenvalue weighted by molar-refractivity contribution is -0.143. The highest BCUT2D eigenvalue weighted by Crippen LogP contribution is 2.70. The molecule has 0 N–H and O–H groups in total. The van der Waals surface area contributed by atoms with Crippen LogP contribution in [0.15, 0.2) is 48.5 Å². The highest BCUT2D eigenvalue weighted by molar-refractivity contribution is 9.10. The third kappa shape index (κ3) is 2.04. The maximum atomic E-state index is 13.9. The van der Waals surface area contributed by atoms with Crippen LogP contribution in [0.1, 0.15) is 54.4 Å². The Hall–Kier alpha value is -1.46. The first kappa shape index (κ1) is 18.3. The fourth-order valence-electron chi connectivity index (χ4n) is 6.39. The number of alkyl halides is 2. The van der Waals surface area contributed by atoms with E-state index in [1.807, 2.05) is 24.3 Å². The Bertz CT molecular complexity index is 937. The minimum atomic E-state index is -0.670. The second-order valence-corrected chi connectivity index (χ2v) is 11.3. The van der Waals surface area contributed by atoms with Gasteiger partial charge in [-0.05, 0) is 35.1 Å². The van der Waals surface area contributed by atoms with E-state index in [0.717, 1.165) is 47.9 Å². The summed E-state index contributed by atoms with van der Waals surface area (Å²) in [6.45, 7) is 0. The van der Waals surface area contributed by atoms with Crippen LogP contribution in [0.25, 0.3) is 0 Å². The van der Waals surface area contributed by atoms with Crippen molar-refractivity contribution in [3.8, 4) is 0 Å². The molecule has 1 saturated carbocycles. The van der Waals surface area contributed by atoms with Crippen molar-refractivity contribution in [1.82, 2.24) is 4.90 Å². The molecule has 2 aromatic carbocycles. The molecule has 2 amide bonds. The van der Waals surface area contributed by atoms with Crippen LogP contribution in [-0.2, 0) is 18.2 Å². The second-order valence-electron chi connectivity index (χ2n) is 8.81. The van der Waals surface area contributed by atoms with Gasteiger partial charge in [-0.2, -0.15) is 0 Å². The van der Waals surface area contributed by atoms with E-state index in [1.165, 1.54) is 6.42 Å². The summed E-state index contributed by atoms with van der Waals surface area (Å²) in [7, 11) is 0. The maximum Gasteiger partial charge on any atom is 0.235 e. The van der Waals surface area contributed by atoms with Crippen LogP contribution >= 0.6 is 31.9 Å². The van der Waals surface area contributed by atoms with Crippen molar-refractivity contribution >= 4 is 43.7 Å². The summed E-state index contributed by atoms with van der Waals surface area (Å²) in [5.74, 6) is -0.865. The summed E-state index contributed by atoms with van der Waals surface area (Å²) in [6.07, 6.45) is 5.25. The molecule has 0 aromatic heterocycles. The van der Waals surface area contributed by atoms with Gasteiger partial charge < -0.3 is 0 Å². The van der Waals surface area contributed by atoms with Gasteiger partial charge in [0.25, 0.3) is 0 Å². The minimum absolute atomic E-state index is 0.00314. The van der Waals surface area contributed by atoms with E-state index in [-0.39, 0.29) is 17.9 Å². The number of hydrogen-bond acceptors (Lipinski definition) is 2. The first-order valence-corrected chi connectivity index (χ1v) is 12.0. The number of benzene rings is 2. The lowest BCUT2D eigenvalue weighted by Crippen LogP contribution is -2.56. The standard InChI is InChI=1S/C24H21Br2NO2/c25-23-15-10-4-5-11-16(15)24(26,18-13-7-6-12-17(18)23)20-19(23)21(28)27(22(20)29)14-8-2-1-3-9-14/h4-7,10-14,19-20H,1-3,8-9H2. The van der Waals surface area contributed by atoms with Gasteiger partial charge in [-0.1, -0.05) is 99.7 Å². The third-order valence-corrected chi connectivity index (χ3v) is 10.3. The van der Waals surface area contributed by atoms with Gasteiger partial charge in [0.2, 0.25) is 11.8 Å². The van der Waals surface area contributed by atoms with Crippen LogP contribution in [0.5, 0.6) is 0 Å². The summed E-state index contributed by atoms with van der Waals surface area (Å²) in [6, 6.07) is 16.6. The number of carbonyl (C=O) groups excluding carboxylic acids is 2. The number of nitrogens with zero attached hydrogens (tertiary/aromatic N) is 1. The van der Waals surface area contributed by atoms with Crippen LogP contribution in [0.2, 0.25) is 0 Å². The molecule has 7 rings (SSSR count). The van der Waals surface area contributed by atoms with Gasteiger partial charge in [0, 0.05) is 6.04 Å². The third-order valence-electron chi connectivity index (χ3n) is 7.56. The number of amides is 2. The van der Waals surface area contributed by atoms with Gasteiger partial charge in [-0.3, -0.25) is 14.5 Å². The van der Waals surface area contributed by atoms with E-state index in [0.29, 0.717) is 0 Å². The normalized spacial score (nSPS) is 35.4. The van der Waals surface area contributed by atoms with E-state index >= 15 is 0 Å². The summed E-state index contributed by atoms with van der Waals surface area (Å²) in [4.78, 5) is 29.4. The van der Waals surface area contributed by atoms with Crippen molar-refractivity contribution < 1.29 is 9.59 Å². The van der Waals surface area contributed by atoms with E-state index in [1.54, 1.807) is 4.90 Å². The molecule has 1 heterocycles. The molecule has 3 nitrogen and oxygen atoms in total. The monoisotopic (exact) mass is 513 g/mol. The quantitative estimate of drug-likeness (QED) is 0.386. The molecule has 29 heavy (non-hydrogen) atoms. The molecule has 0 radical (unpaired) electrons. The molecule has 2 unspecified atom stereocenters. The largest absolute Gasteiger partial charge is 0.279 e. The minimum Gasteiger partial charge on any atom is -0.279 e. The first-order chi connectivity index (χ1) is 14.0. The SMILES string of the molecule is O=C1C2C(C(=O)N1C1CCCCC1)C1(Br)c3ccccc3C2(Br)c2ccccc21. The smallest absolute Gasteiger partial charge is 0.235 e. The molecule has 5 aliphatic rings. The molecule has 2 aromatic rings. The van der Waals surface area contributed by atoms with E-state index in [2.05, 4.69) is 56.1 Å². The molecule has 2 bridgehead atoms. The Morgan fingerprint density at radius 3 is 1.45 bits per heavy atom. The maximum absolute atomic E-state index is 13.9. The molecular formula is C24H21Br2NO2. The van der Waals surface area contributed by atoms with E-state index in [9.17, 15) is 9.59 Å². The molecule has 2 fully saturated rings.